The quantitative estimate of drug-likeness (QED) is 0.810. The predicted molar refractivity (Wildman–Crippen MR) is 81.3 cm³/mol. The first-order valence-corrected chi connectivity index (χ1v) is 7.37. The molecule has 0 bridgehead atoms. The Balaban J connectivity index is 1.99. The molecule has 0 aromatic heterocycles. The summed E-state index contributed by atoms with van der Waals surface area (Å²) in [6, 6.07) is 8.47. The van der Waals surface area contributed by atoms with Gasteiger partial charge in [0.1, 0.15) is 0 Å². The number of benzene rings is 1. The van der Waals surface area contributed by atoms with Gasteiger partial charge < -0.3 is 10.0 Å². The van der Waals surface area contributed by atoms with Crippen molar-refractivity contribution in [1.29, 1.82) is 0 Å². The van der Waals surface area contributed by atoms with Crippen molar-refractivity contribution in [3.8, 4) is 0 Å². The highest BCUT2D eigenvalue weighted by Crippen LogP contribution is 2.25. The summed E-state index contributed by atoms with van der Waals surface area (Å²) in [6.07, 6.45) is 7.57. The molecule has 1 aliphatic rings. The minimum absolute atomic E-state index is 0.0599. The van der Waals surface area contributed by atoms with Crippen LogP contribution < -0.4 is 0 Å². The lowest BCUT2D eigenvalue weighted by atomic mass is 9.91. The van der Waals surface area contributed by atoms with Gasteiger partial charge in [-0.2, -0.15) is 0 Å². The number of hydrogen-bond donors (Lipinski definition) is 1. The van der Waals surface area contributed by atoms with Crippen LogP contribution in [0.1, 0.15) is 36.8 Å². The molecule has 108 valence electrons. The van der Waals surface area contributed by atoms with Gasteiger partial charge in [0, 0.05) is 25.3 Å². The zero-order chi connectivity index (χ0) is 14.4. The Morgan fingerprint density at radius 3 is 2.85 bits per heavy atom. The lowest BCUT2D eigenvalue weighted by Crippen LogP contribution is -2.44. The van der Waals surface area contributed by atoms with Crippen molar-refractivity contribution in [3.63, 3.8) is 0 Å². The third-order valence-electron chi connectivity index (χ3n) is 3.82. The van der Waals surface area contributed by atoms with Gasteiger partial charge in [-0.3, -0.25) is 4.79 Å². The molecule has 20 heavy (non-hydrogen) atoms. The zero-order valence-electron chi connectivity index (χ0n) is 12.1. The molecule has 1 aromatic carbocycles. The fourth-order valence-electron chi connectivity index (χ4n) is 2.45. The molecular formula is C17H23NO2. The number of hydrogen-bond acceptors (Lipinski definition) is 2. The van der Waals surface area contributed by atoms with E-state index in [2.05, 4.69) is 6.07 Å². The number of rotatable bonds is 6. The van der Waals surface area contributed by atoms with Crippen LogP contribution in [0.5, 0.6) is 0 Å². The van der Waals surface area contributed by atoms with Crippen LogP contribution in [0.4, 0.5) is 0 Å². The van der Waals surface area contributed by atoms with Crippen LogP contribution >= 0.6 is 0 Å². The minimum Gasteiger partial charge on any atom is -0.396 e. The molecule has 1 amide bonds. The third kappa shape index (κ3) is 3.94. The van der Waals surface area contributed by atoms with Crippen LogP contribution in [0.25, 0.3) is 6.08 Å². The lowest BCUT2D eigenvalue weighted by Gasteiger charge is -2.37. The standard InChI is InChI=1S/C17H23NO2/c1-14-5-2-6-15(13-14)9-10-17(20)18(11-4-12-19)16-7-3-8-16/h2,5-6,9-10,13,16,19H,3-4,7-8,11-12H2,1H3/b10-9+. The van der Waals surface area contributed by atoms with Crippen LogP contribution in [-0.4, -0.2) is 35.1 Å². The second-order valence-electron chi connectivity index (χ2n) is 5.44. The molecule has 1 aromatic rings. The van der Waals surface area contributed by atoms with Crippen LogP contribution in [-0.2, 0) is 4.79 Å². The van der Waals surface area contributed by atoms with Crippen molar-refractivity contribution in [3.05, 3.63) is 41.5 Å². The Kier molecular flexibility index (Phi) is 5.36. The van der Waals surface area contributed by atoms with Crippen molar-refractivity contribution in [1.82, 2.24) is 4.90 Å². The molecule has 1 saturated carbocycles. The molecule has 0 heterocycles. The van der Waals surface area contributed by atoms with E-state index in [0.29, 0.717) is 19.0 Å². The van der Waals surface area contributed by atoms with Crippen LogP contribution in [0.2, 0.25) is 0 Å². The lowest BCUT2D eigenvalue weighted by molar-refractivity contribution is -0.130. The highest BCUT2D eigenvalue weighted by atomic mass is 16.3. The van der Waals surface area contributed by atoms with Crippen molar-refractivity contribution in [2.45, 2.75) is 38.6 Å². The maximum atomic E-state index is 12.3. The first-order valence-electron chi connectivity index (χ1n) is 7.37. The maximum Gasteiger partial charge on any atom is 0.246 e. The van der Waals surface area contributed by atoms with E-state index in [1.807, 2.05) is 36.1 Å². The van der Waals surface area contributed by atoms with Crippen LogP contribution in [0.15, 0.2) is 30.3 Å². The van der Waals surface area contributed by atoms with Crippen molar-refractivity contribution in [2.24, 2.45) is 0 Å². The summed E-state index contributed by atoms with van der Waals surface area (Å²) in [5.74, 6) is 0.0599. The highest BCUT2D eigenvalue weighted by Gasteiger charge is 2.26. The number of aliphatic hydroxyl groups excluding tert-OH is 1. The molecule has 1 N–H and O–H groups in total. The Bertz CT molecular complexity index is 478. The molecule has 0 saturated heterocycles. The smallest absolute Gasteiger partial charge is 0.246 e. The SMILES string of the molecule is Cc1cccc(/C=C/C(=O)N(CCCO)C2CCC2)c1. The molecule has 0 atom stereocenters. The number of aliphatic hydroxyl groups is 1. The van der Waals surface area contributed by atoms with Gasteiger partial charge in [-0.15, -0.1) is 0 Å². The summed E-state index contributed by atoms with van der Waals surface area (Å²) in [6.45, 7) is 2.83. The maximum absolute atomic E-state index is 12.3. The molecule has 0 unspecified atom stereocenters. The number of nitrogens with zero attached hydrogens (tertiary/aromatic N) is 1. The van der Waals surface area contributed by atoms with Gasteiger partial charge in [-0.25, -0.2) is 0 Å². The van der Waals surface area contributed by atoms with Crippen molar-refractivity contribution in [2.75, 3.05) is 13.2 Å². The summed E-state index contributed by atoms with van der Waals surface area (Å²) in [5, 5.41) is 8.95. The predicted octanol–water partition coefficient (Wildman–Crippen LogP) is 2.77. The average Bonchev–Trinajstić information content (AvgIpc) is 2.38. The van der Waals surface area contributed by atoms with E-state index in [1.165, 1.54) is 12.0 Å². The molecular weight excluding hydrogens is 250 g/mol. The summed E-state index contributed by atoms with van der Waals surface area (Å²) in [4.78, 5) is 14.2. The molecule has 1 fully saturated rings. The minimum atomic E-state index is 0.0599. The molecule has 3 heteroatoms. The van der Waals surface area contributed by atoms with E-state index in [1.54, 1.807) is 6.08 Å². The Hall–Kier alpha value is -1.61. The third-order valence-corrected chi connectivity index (χ3v) is 3.82. The van der Waals surface area contributed by atoms with Crippen molar-refractivity contribution >= 4 is 12.0 Å². The average molecular weight is 273 g/mol. The highest BCUT2D eigenvalue weighted by molar-refractivity contribution is 5.92. The largest absolute Gasteiger partial charge is 0.396 e. The second kappa shape index (κ2) is 7.25. The summed E-state index contributed by atoms with van der Waals surface area (Å²) < 4.78 is 0. The molecule has 0 spiro atoms. The van der Waals surface area contributed by atoms with E-state index >= 15 is 0 Å². The van der Waals surface area contributed by atoms with Crippen LogP contribution in [0.3, 0.4) is 0 Å². The summed E-state index contributed by atoms with van der Waals surface area (Å²) >= 11 is 0. The normalized spacial score (nSPS) is 15.3. The summed E-state index contributed by atoms with van der Waals surface area (Å²) in [5.41, 5.74) is 2.24. The van der Waals surface area contributed by atoms with Crippen LogP contribution in [0, 0.1) is 6.92 Å². The molecule has 1 aliphatic carbocycles. The van der Waals surface area contributed by atoms with Gasteiger partial charge in [0.2, 0.25) is 5.91 Å². The van der Waals surface area contributed by atoms with Gasteiger partial charge in [0.25, 0.3) is 0 Å². The first kappa shape index (κ1) is 14.8. The van der Waals surface area contributed by atoms with Gasteiger partial charge in [0.15, 0.2) is 0 Å². The van der Waals surface area contributed by atoms with E-state index in [4.69, 9.17) is 5.11 Å². The Morgan fingerprint density at radius 2 is 2.25 bits per heavy atom. The monoisotopic (exact) mass is 273 g/mol. The fraction of sp³-hybridized carbons (Fsp3) is 0.471. The van der Waals surface area contributed by atoms with Gasteiger partial charge in [-0.1, -0.05) is 29.8 Å². The van der Waals surface area contributed by atoms with Gasteiger partial charge >= 0.3 is 0 Å². The van der Waals surface area contributed by atoms with E-state index in [9.17, 15) is 4.79 Å². The Morgan fingerprint density at radius 1 is 1.45 bits per heavy atom. The molecule has 2 rings (SSSR count). The first-order chi connectivity index (χ1) is 9.70. The fourth-order valence-corrected chi connectivity index (χ4v) is 2.45. The zero-order valence-corrected chi connectivity index (χ0v) is 12.1. The molecule has 0 aliphatic heterocycles. The topological polar surface area (TPSA) is 40.5 Å². The van der Waals surface area contributed by atoms with Gasteiger partial charge in [0.05, 0.1) is 0 Å². The summed E-state index contributed by atoms with van der Waals surface area (Å²) in [7, 11) is 0. The molecule has 0 radical (unpaired) electrons. The number of amides is 1. The number of carbonyl (C=O) groups excluding carboxylic acids is 1. The second-order valence-corrected chi connectivity index (χ2v) is 5.44. The van der Waals surface area contributed by atoms with Crippen molar-refractivity contribution < 1.29 is 9.90 Å². The van der Waals surface area contributed by atoms with E-state index in [-0.39, 0.29) is 12.5 Å². The van der Waals surface area contributed by atoms with E-state index in [0.717, 1.165) is 18.4 Å². The number of aryl methyl sites for hydroxylation is 1. The molecule has 3 nitrogen and oxygen atoms in total. The van der Waals surface area contributed by atoms with Gasteiger partial charge in [-0.05, 0) is 44.2 Å². The number of carbonyl (C=O) groups is 1. The van der Waals surface area contributed by atoms with E-state index < -0.39 is 0 Å². The Labute approximate surface area is 120 Å².